The molecule has 0 bridgehead atoms. The van der Waals surface area contributed by atoms with Gasteiger partial charge in [0.2, 0.25) is 5.50 Å². The first kappa shape index (κ1) is 16.9. The van der Waals surface area contributed by atoms with Crippen LogP contribution in [0.3, 0.4) is 0 Å². The first-order chi connectivity index (χ1) is 10.5. The largest absolute Gasteiger partial charge is 0.466 e. The summed E-state index contributed by atoms with van der Waals surface area (Å²) in [6, 6.07) is 4.39. The molecule has 0 unspecified atom stereocenters. The van der Waals surface area contributed by atoms with Crippen molar-refractivity contribution >= 4 is 23.4 Å². The molecule has 22 heavy (non-hydrogen) atoms. The maximum atomic E-state index is 11.9. The summed E-state index contributed by atoms with van der Waals surface area (Å²) < 4.78 is 5.11. The molecule has 2 N–H and O–H groups in total. The molecule has 5 heteroatoms. The van der Waals surface area contributed by atoms with Crippen LogP contribution in [0.25, 0.3) is 0 Å². The minimum atomic E-state index is -0.168. The highest BCUT2D eigenvalue weighted by Gasteiger charge is 2.33. The molecular weight excluding hydrogens is 296 g/mol. The van der Waals surface area contributed by atoms with Gasteiger partial charge >= 0.3 is 5.97 Å². The number of carbonyl (C=O) groups excluding carboxylic acids is 1. The molecular formula is C17H25N2O2S+. The predicted octanol–water partition coefficient (Wildman–Crippen LogP) is 2.44. The van der Waals surface area contributed by atoms with Gasteiger partial charge in [-0.05, 0) is 56.0 Å². The van der Waals surface area contributed by atoms with Crippen LogP contribution in [0, 0.1) is 20.8 Å². The first-order valence-electron chi connectivity index (χ1n) is 7.64. The Morgan fingerprint density at radius 1 is 1.32 bits per heavy atom. The third-order valence-electron chi connectivity index (χ3n) is 3.70. The number of carbonyl (C=O) groups is 1. The zero-order chi connectivity index (χ0) is 16.3. The number of hydrogen-bond donors (Lipinski definition) is 1. The lowest BCUT2D eigenvalue weighted by Crippen LogP contribution is -2.88. The number of nitrogens with zero attached hydrogens (tertiary/aromatic N) is 1. The van der Waals surface area contributed by atoms with E-state index in [-0.39, 0.29) is 11.5 Å². The second-order valence-electron chi connectivity index (χ2n) is 5.57. The highest BCUT2D eigenvalue weighted by molar-refractivity contribution is 8.02. The van der Waals surface area contributed by atoms with Crippen molar-refractivity contribution in [1.82, 2.24) is 0 Å². The summed E-state index contributed by atoms with van der Waals surface area (Å²) >= 11 is 1.74. The highest BCUT2D eigenvalue weighted by Crippen LogP contribution is 2.38. The number of ether oxygens (including phenoxy) is 1. The summed E-state index contributed by atoms with van der Waals surface area (Å²) in [4.78, 5) is 14.2. The maximum Gasteiger partial charge on any atom is 0.311 e. The SMILES string of the molecule is CCOC(=O)CC1=CS[C@@H]([NH2+]C)N1c1c(C)cc(C)cc1C. The van der Waals surface area contributed by atoms with E-state index in [1.54, 1.807) is 11.8 Å². The summed E-state index contributed by atoms with van der Waals surface area (Å²) in [6.07, 6.45) is 0.317. The zero-order valence-electron chi connectivity index (χ0n) is 14.0. The topological polar surface area (TPSA) is 46.1 Å². The number of quaternary nitrogens is 1. The van der Waals surface area contributed by atoms with Crippen LogP contribution in [-0.4, -0.2) is 25.1 Å². The Balaban J connectivity index is 2.36. The van der Waals surface area contributed by atoms with Gasteiger partial charge < -0.3 is 10.1 Å². The molecule has 1 aliphatic rings. The van der Waals surface area contributed by atoms with Gasteiger partial charge in [-0.25, -0.2) is 0 Å². The molecule has 0 fully saturated rings. The van der Waals surface area contributed by atoms with E-state index >= 15 is 0 Å². The molecule has 1 atom stereocenters. The number of esters is 1. The standard InChI is InChI=1S/C17H24N2O2S/c1-6-21-15(20)9-14-10-22-17(18-5)19(14)16-12(3)7-11(2)8-13(16)4/h7-8,10,17-18H,6,9H2,1-5H3/p+1/t17-/m0/s1. The third-order valence-corrected chi connectivity index (χ3v) is 4.87. The number of rotatable bonds is 5. The fraction of sp³-hybridized carbons (Fsp3) is 0.471. The number of nitrogens with two attached hydrogens (primary N) is 1. The van der Waals surface area contributed by atoms with Crippen LogP contribution in [0.4, 0.5) is 5.69 Å². The van der Waals surface area contributed by atoms with E-state index in [2.05, 4.69) is 55.6 Å². The molecule has 4 nitrogen and oxygen atoms in total. The van der Waals surface area contributed by atoms with Crippen LogP contribution >= 0.6 is 11.8 Å². The highest BCUT2D eigenvalue weighted by atomic mass is 32.2. The van der Waals surface area contributed by atoms with Gasteiger partial charge in [0, 0.05) is 5.70 Å². The van der Waals surface area contributed by atoms with Crippen molar-refractivity contribution in [3.05, 3.63) is 39.9 Å². The number of hydrogen-bond acceptors (Lipinski definition) is 4. The van der Waals surface area contributed by atoms with Crippen LogP contribution in [0.1, 0.15) is 30.0 Å². The molecule has 120 valence electrons. The monoisotopic (exact) mass is 321 g/mol. The fourth-order valence-electron chi connectivity index (χ4n) is 2.97. The molecule has 1 aromatic rings. The fourth-order valence-corrected chi connectivity index (χ4v) is 3.98. The normalized spacial score (nSPS) is 17.6. The Morgan fingerprint density at radius 2 is 1.95 bits per heavy atom. The Bertz CT molecular complexity index is 575. The van der Waals surface area contributed by atoms with Gasteiger partial charge in [0.05, 0.1) is 25.8 Å². The lowest BCUT2D eigenvalue weighted by Gasteiger charge is -2.29. The van der Waals surface area contributed by atoms with E-state index in [0.29, 0.717) is 13.0 Å². The molecule has 0 saturated heterocycles. The van der Waals surface area contributed by atoms with Gasteiger partial charge in [-0.15, -0.1) is 0 Å². The van der Waals surface area contributed by atoms with E-state index in [1.165, 1.54) is 22.4 Å². The molecule has 0 spiro atoms. The van der Waals surface area contributed by atoms with Crippen molar-refractivity contribution in [2.24, 2.45) is 0 Å². The summed E-state index contributed by atoms with van der Waals surface area (Å²) in [6.45, 7) is 8.64. The quantitative estimate of drug-likeness (QED) is 0.846. The van der Waals surface area contributed by atoms with E-state index in [4.69, 9.17) is 4.74 Å². The van der Waals surface area contributed by atoms with E-state index < -0.39 is 0 Å². The average Bonchev–Trinajstić information content (AvgIpc) is 2.81. The molecule has 1 heterocycles. The van der Waals surface area contributed by atoms with Gasteiger partial charge in [-0.2, -0.15) is 0 Å². The molecule has 0 amide bonds. The molecule has 1 aliphatic heterocycles. The van der Waals surface area contributed by atoms with E-state index in [9.17, 15) is 4.79 Å². The van der Waals surface area contributed by atoms with Gasteiger partial charge in [0.25, 0.3) is 0 Å². The Labute approximate surface area is 136 Å². The van der Waals surface area contributed by atoms with Crippen molar-refractivity contribution in [3.8, 4) is 0 Å². The van der Waals surface area contributed by atoms with Gasteiger partial charge in [0.15, 0.2) is 0 Å². The van der Waals surface area contributed by atoms with Crippen LogP contribution < -0.4 is 10.2 Å². The minimum absolute atomic E-state index is 0.168. The molecule has 2 rings (SSSR count). The molecule has 0 radical (unpaired) electrons. The lowest BCUT2D eigenvalue weighted by molar-refractivity contribution is -0.638. The number of benzene rings is 1. The van der Waals surface area contributed by atoms with Crippen molar-refractivity contribution in [1.29, 1.82) is 0 Å². The lowest BCUT2D eigenvalue weighted by atomic mass is 10.0. The first-order valence-corrected chi connectivity index (χ1v) is 8.58. The van der Waals surface area contributed by atoms with E-state index in [1.807, 2.05) is 6.92 Å². The average molecular weight is 321 g/mol. The summed E-state index contributed by atoms with van der Waals surface area (Å²) in [5, 5.41) is 4.25. The third kappa shape index (κ3) is 3.47. The smallest absolute Gasteiger partial charge is 0.311 e. The minimum Gasteiger partial charge on any atom is -0.466 e. The second kappa shape index (κ2) is 7.20. The Hall–Kier alpha value is -1.46. The van der Waals surface area contributed by atoms with Crippen molar-refractivity contribution in [3.63, 3.8) is 0 Å². The van der Waals surface area contributed by atoms with Gasteiger partial charge in [0.1, 0.15) is 0 Å². The number of aryl methyl sites for hydroxylation is 3. The Morgan fingerprint density at radius 3 is 2.50 bits per heavy atom. The summed E-state index contributed by atoms with van der Waals surface area (Å²) in [5.41, 5.74) is 6.18. The number of anilines is 1. The van der Waals surface area contributed by atoms with E-state index in [0.717, 1.165) is 5.70 Å². The predicted molar refractivity (Wildman–Crippen MR) is 91.7 cm³/mol. The van der Waals surface area contributed by atoms with Crippen LogP contribution in [0.15, 0.2) is 23.2 Å². The van der Waals surface area contributed by atoms with Crippen molar-refractivity contribution < 1.29 is 14.8 Å². The molecule has 0 saturated carbocycles. The van der Waals surface area contributed by atoms with Crippen LogP contribution in [0.2, 0.25) is 0 Å². The summed E-state index contributed by atoms with van der Waals surface area (Å²) in [5.74, 6) is -0.168. The Kier molecular flexibility index (Phi) is 5.53. The maximum absolute atomic E-state index is 11.9. The summed E-state index contributed by atoms with van der Waals surface area (Å²) in [7, 11) is 2.06. The zero-order valence-corrected chi connectivity index (χ0v) is 14.8. The second-order valence-corrected chi connectivity index (χ2v) is 6.56. The van der Waals surface area contributed by atoms with Gasteiger partial charge in [-0.1, -0.05) is 17.7 Å². The van der Waals surface area contributed by atoms with Crippen molar-refractivity contribution in [2.75, 3.05) is 18.6 Å². The number of thioether (sulfide) groups is 1. The molecule has 0 aromatic heterocycles. The van der Waals surface area contributed by atoms with Crippen LogP contribution in [-0.2, 0) is 9.53 Å². The van der Waals surface area contributed by atoms with Gasteiger partial charge in [-0.3, -0.25) is 9.69 Å². The van der Waals surface area contributed by atoms with Crippen LogP contribution in [0.5, 0.6) is 0 Å². The molecule has 0 aliphatic carbocycles. The molecule has 1 aromatic carbocycles. The van der Waals surface area contributed by atoms with Crippen molar-refractivity contribution in [2.45, 2.75) is 39.6 Å².